The summed E-state index contributed by atoms with van der Waals surface area (Å²) in [7, 11) is 0. The number of hydrogen-bond acceptors (Lipinski definition) is 2. The molecule has 1 saturated heterocycles. The molecule has 1 N–H and O–H groups in total. The lowest BCUT2D eigenvalue weighted by Crippen LogP contribution is -2.29. The molecule has 60 valence electrons. The second-order valence-electron chi connectivity index (χ2n) is 2.74. The molecule has 1 fully saturated rings. The van der Waals surface area contributed by atoms with Crippen LogP contribution in [0.4, 0.5) is 4.39 Å². The van der Waals surface area contributed by atoms with Crippen LogP contribution in [-0.2, 0) is 0 Å². The Bertz CT molecular complexity index is 99.6. The van der Waals surface area contributed by atoms with Crippen molar-refractivity contribution < 1.29 is 9.50 Å². The van der Waals surface area contributed by atoms with E-state index in [4.69, 9.17) is 5.11 Å². The highest BCUT2D eigenvalue weighted by molar-refractivity contribution is 4.76. The van der Waals surface area contributed by atoms with E-state index in [9.17, 15) is 4.39 Å². The molecular formula is C7H14FNO. The fourth-order valence-corrected chi connectivity index (χ4v) is 1.53. The first-order chi connectivity index (χ1) is 4.88. The smallest absolute Gasteiger partial charge is 0.143 e. The van der Waals surface area contributed by atoms with Crippen molar-refractivity contribution in [1.29, 1.82) is 0 Å². The van der Waals surface area contributed by atoms with Gasteiger partial charge in [0.05, 0.1) is 0 Å². The van der Waals surface area contributed by atoms with E-state index in [0.717, 1.165) is 25.8 Å². The highest BCUT2D eigenvalue weighted by Crippen LogP contribution is 2.18. The van der Waals surface area contributed by atoms with Crippen LogP contribution >= 0.6 is 0 Å². The van der Waals surface area contributed by atoms with E-state index >= 15 is 0 Å². The molecule has 1 rings (SSSR count). The molecule has 0 aromatic rings. The van der Waals surface area contributed by atoms with E-state index < -0.39 is 0 Å². The number of hydrogen-bond donors (Lipinski definition) is 1. The molecule has 0 bridgehead atoms. The second kappa shape index (κ2) is 3.88. The fourth-order valence-electron chi connectivity index (χ4n) is 1.53. The minimum absolute atomic E-state index is 0.182. The Kier molecular flexibility index (Phi) is 3.09. The molecule has 0 aromatic heterocycles. The third kappa shape index (κ3) is 1.67. The molecular weight excluding hydrogens is 133 g/mol. The average Bonchev–Trinajstić information content (AvgIpc) is 2.36. The number of likely N-dealkylation sites (tertiary alicyclic amines) is 1. The summed E-state index contributed by atoms with van der Waals surface area (Å²) in [6, 6.07) is 0.301. The molecule has 2 nitrogen and oxygen atoms in total. The molecule has 1 aliphatic rings. The standard InChI is InChI=1S/C7H14FNO/c8-6-9-4-1-2-7(9)3-5-10/h7,10H,1-6H2/t7-/m1/s1. The number of alkyl halides is 1. The molecule has 0 aliphatic carbocycles. The predicted octanol–water partition coefficient (Wildman–Crippen LogP) is 0.760. The van der Waals surface area contributed by atoms with Crippen LogP contribution in [0.5, 0.6) is 0 Å². The SMILES string of the molecule is OCC[C@H]1CCCN1CF. The molecule has 0 unspecified atom stereocenters. The summed E-state index contributed by atoms with van der Waals surface area (Å²) in [4.78, 5) is 1.79. The van der Waals surface area contributed by atoms with E-state index in [1.165, 1.54) is 0 Å². The topological polar surface area (TPSA) is 23.5 Å². The van der Waals surface area contributed by atoms with Gasteiger partial charge in [0.25, 0.3) is 0 Å². The Balaban J connectivity index is 2.27. The summed E-state index contributed by atoms with van der Waals surface area (Å²) < 4.78 is 12.1. The number of rotatable bonds is 3. The lowest BCUT2D eigenvalue weighted by atomic mass is 10.2. The second-order valence-corrected chi connectivity index (χ2v) is 2.74. The molecule has 1 heterocycles. The van der Waals surface area contributed by atoms with Gasteiger partial charge in [0, 0.05) is 19.2 Å². The zero-order valence-corrected chi connectivity index (χ0v) is 6.09. The van der Waals surface area contributed by atoms with Gasteiger partial charge in [0.2, 0.25) is 0 Å². The van der Waals surface area contributed by atoms with Crippen molar-refractivity contribution in [3.8, 4) is 0 Å². The quantitative estimate of drug-likeness (QED) is 0.596. The maximum atomic E-state index is 12.1. The van der Waals surface area contributed by atoms with Gasteiger partial charge in [-0.2, -0.15) is 0 Å². The third-order valence-electron chi connectivity index (χ3n) is 2.11. The summed E-state index contributed by atoms with van der Waals surface area (Å²) in [5.41, 5.74) is 0. The zero-order chi connectivity index (χ0) is 7.40. The molecule has 0 amide bonds. The van der Waals surface area contributed by atoms with Gasteiger partial charge < -0.3 is 5.11 Å². The van der Waals surface area contributed by atoms with Crippen molar-refractivity contribution in [2.75, 3.05) is 20.0 Å². The van der Waals surface area contributed by atoms with Gasteiger partial charge in [-0.05, 0) is 19.3 Å². The van der Waals surface area contributed by atoms with Crippen molar-refractivity contribution >= 4 is 0 Å². The van der Waals surface area contributed by atoms with Gasteiger partial charge >= 0.3 is 0 Å². The van der Waals surface area contributed by atoms with Crippen LogP contribution < -0.4 is 0 Å². The summed E-state index contributed by atoms with van der Waals surface area (Å²) in [6.07, 6.45) is 2.85. The number of aliphatic hydroxyl groups excluding tert-OH is 1. The first-order valence-corrected chi connectivity index (χ1v) is 3.79. The van der Waals surface area contributed by atoms with Crippen molar-refractivity contribution in [1.82, 2.24) is 4.90 Å². The zero-order valence-electron chi connectivity index (χ0n) is 6.09. The van der Waals surface area contributed by atoms with Crippen LogP contribution in [0, 0.1) is 0 Å². The first kappa shape index (κ1) is 7.95. The lowest BCUT2D eigenvalue weighted by Gasteiger charge is -2.19. The summed E-state index contributed by atoms with van der Waals surface area (Å²) >= 11 is 0. The molecule has 1 aliphatic heterocycles. The van der Waals surface area contributed by atoms with Gasteiger partial charge in [-0.3, -0.25) is 4.90 Å². The van der Waals surface area contributed by atoms with Crippen molar-refractivity contribution in [2.24, 2.45) is 0 Å². The lowest BCUT2D eigenvalue weighted by molar-refractivity contribution is 0.144. The maximum absolute atomic E-state index is 12.1. The number of halogens is 1. The third-order valence-corrected chi connectivity index (χ3v) is 2.11. The average molecular weight is 147 g/mol. The Labute approximate surface area is 60.6 Å². The highest BCUT2D eigenvalue weighted by Gasteiger charge is 2.22. The summed E-state index contributed by atoms with van der Waals surface area (Å²) in [5, 5.41) is 8.59. The van der Waals surface area contributed by atoms with Gasteiger partial charge in [0.1, 0.15) is 6.80 Å². The highest BCUT2D eigenvalue weighted by atomic mass is 19.1. The van der Waals surface area contributed by atoms with Crippen molar-refractivity contribution in [3.63, 3.8) is 0 Å². The molecule has 1 atom stereocenters. The summed E-state index contributed by atoms with van der Waals surface area (Å²) in [5.74, 6) is 0. The van der Waals surface area contributed by atoms with Gasteiger partial charge in [-0.15, -0.1) is 0 Å². The largest absolute Gasteiger partial charge is 0.396 e. The van der Waals surface area contributed by atoms with E-state index in [1.54, 1.807) is 4.90 Å². The molecule has 0 spiro atoms. The van der Waals surface area contributed by atoms with Crippen LogP contribution in [0.3, 0.4) is 0 Å². The van der Waals surface area contributed by atoms with Gasteiger partial charge in [-0.25, -0.2) is 4.39 Å². The number of aliphatic hydroxyl groups is 1. The van der Waals surface area contributed by atoms with Crippen LogP contribution in [-0.4, -0.2) is 36.0 Å². The maximum Gasteiger partial charge on any atom is 0.143 e. The normalized spacial score (nSPS) is 27.6. The minimum Gasteiger partial charge on any atom is -0.396 e. The van der Waals surface area contributed by atoms with Crippen LogP contribution in [0.1, 0.15) is 19.3 Å². The molecule has 0 radical (unpaired) electrons. The minimum atomic E-state index is -0.356. The van der Waals surface area contributed by atoms with Gasteiger partial charge in [-0.1, -0.05) is 0 Å². The monoisotopic (exact) mass is 147 g/mol. The van der Waals surface area contributed by atoms with Crippen molar-refractivity contribution in [3.05, 3.63) is 0 Å². The Morgan fingerprint density at radius 2 is 2.40 bits per heavy atom. The van der Waals surface area contributed by atoms with Crippen LogP contribution in [0.15, 0.2) is 0 Å². The first-order valence-electron chi connectivity index (χ1n) is 3.79. The Morgan fingerprint density at radius 1 is 1.60 bits per heavy atom. The van der Waals surface area contributed by atoms with E-state index in [2.05, 4.69) is 0 Å². The van der Waals surface area contributed by atoms with Crippen molar-refractivity contribution in [2.45, 2.75) is 25.3 Å². The van der Waals surface area contributed by atoms with E-state index in [1.807, 2.05) is 0 Å². The fraction of sp³-hybridized carbons (Fsp3) is 1.00. The van der Waals surface area contributed by atoms with Gasteiger partial charge in [0.15, 0.2) is 0 Å². The Hall–Kier alpha value is -0.150. The molecule has 10 heavy (non-hydrogen) atoms. The molecule has 0 saturated carbocycles. The summed E-state index contributed by atoms with van der Waals surface area (Å²) in [6.45, 7) is 0.688. The predicted molar refractivity (Wildman–Crippen MR) is 37.4 cm³/mol. The van der Waals surface area contributed by atoms with E-state index in [0.29, 0.717) is 6.04 Å². The molecule has 0 aromatic carbocycles. The van der Waals surface area contributed by atoms with Crippen LogP contribution in [0.25, 0.3) is 0 Å². The number of nitrogens with zero attached hydrogens (tertiary/aromatic N) is 1. The van der Waals surface area contributed by atoms with E-state index in [-0.39, 0.29) is 13.4 Å². The Morgan fingerprint density at radius 3 is 3.00 bits per heavy atom. The molecule has 3 heteroatoms. The van der Waals surface area contributed by atoms with Crippen LogP contribution in [0.2, 0.25) is 0 Å².